The van der Waals surface area contributed by atoms with Crippen LogP contribution in [0.4, 0.5) is 5.69 Å². The van der Waals surface area contributed by atoms with Crippen molar-refractivity contribution < 1.29 is 23.0 Å². The molecule has 0 saturated carbocycles. The summed E-state index contributed by atoms with van der Waals surface area (Å²) < 4.78 is 44.7. The van der Waals surface area contributed by atoms with Crippen molar-refractivity contribution in [2.24, 2.45) is 0 Å². The second-order valence-corrected chi connectivity index (χ2v) is 13.0. The van der Waals surface area contributed by atoms with E-state index in [1.165, 1.54) is 0 Å². The van der Waals surface area contributed by atoms with E-state index >= 15 is 0 Å². The van der Waals surface area contributed by atoms with E-state index in [4.69, 9.17) is 9.47 Å². The second kappa shape index (κ2) is 12.9. The minimum absolute atomic E-state index is 0.0539. The highest BCUT2D eigenvalue weighted by atomic mass is 32.2. The van der Waals surface area contributed by atoms with Crippen LogP contribution in [0.15, 0.2) is 145 Å². The van der Waals surface area contributed by atoms with Gasteiger partial charge in [-0.1, -0.05) is 97.1 Å². The van der Waals surface area contributed by atoms with Crippen molar-refractivity contribution in [3.05, 3.63) is 162 Å². The topological polar surface area (TPSA) is 103 Å². The van der Waals surface area contributed by atoms with Crippen LogP contribution in [0.1, 0.15) is 40.6 Å². The largest absolute Gasteiger partial charge is 0.392 e. The number of nitrogens with zero attached hydrogens (tertiary/aromatic N) is 2. The first-order valence-electron chi connectivity index (χ1n) is 15.1. The molecule has 1 aliphatic heterocycles. The van der Waals surface area contributed by atoms with Gasteiger partial charge in [-0.15, -0.1) is 0 Å². The highest BCUT2D eigenvalue weighted by molar-refractivity contribution is 7.92. The molecule has 7 rings (SSSR count). The van der Waals surface area contributed by atoms with E-state index in [1.807, 2.05) is 79.1 Å². The van der Waals surface area contributed by atoms with E-state index in [0.29, 0.717) is 17.8 Å². The van der Waals surface area contributed by atoms with Gasteiger partial charge in [0.1, 0.15) is 0 Å². The maximum atomic E-state index is 13.1. The van der Waals surface area contributed by atoms with E-state index in [-0.39, 0.29) is 23.5 Å². The highest BCUT2D eigenvalue weighted by Crippen LogP contribution is 2.47. The third-order valence-electron chi connectivity index (χ3n) is 8.34. The maximum absolute atomic E-state index is 13.1. The molecular formula is C37H33N3O5S. The Bertz CT molecular complexity index is 2030. The number of fused-ring (bicyclic) bond motifs is 1. The molecule has 0 amide bonds. The molecule has 5 aromatic carbocycles. The summed E-state index contributed by atoms with van der Waals surface area (Å²) in [6.07, 6.45) is 0.262. The molecule has 0 spiro atoms. The van der Waals surface area contributed by atoms with Gasteiger partial charge in [0.25, 0.3) is 10.0 Å². The first kappa shape index (κ1) is 29.9. The van der Waals surface area contributed by atoms with Crippen LogP contribution in [0, 0.1) is 0 Å². The molecule has 0 aliphatic carbocycles. The molecule has 2 heterocycles. The lowest BCUT2D eigenvalue weighted by atomic mass is 9.83. The lowest BCUT2D eigenvalue weighted by Crippen LogP contribution is -2.39. The summed E-state index contributed by atoms with van der Waals surface area (Å²) in [6.45, 7) is 0.452. The predicted molar refractivity (Wildman–Crippen MR) is 176 cm³/mol. The molecule has 1 aromatic heterocycles. The number of rotatable bonds is 9. The Morgan fingerprint density at radius 1 is 0.739 bits per heavy atom. The summed E-state index contributed by atoms with van der Waals surface area (Å²) in [6, 6.07) is 41.4. The molecule has 46 heavy (non-hydrogen) atoms. The molecule has 1 saturated heterocycles. The number of anilines is 1. The maximum Gasteiger partial charge on any atom is 0.261 e. The number of aliphatic hydroxyl groups is 1. The molecule has 1 aliphatic rings. The van der Waals surface area contributed by atoms with Crippen LogP contribution < -0.4 is 4.72 Å². The monoisotopic (exact) mass is 631 g/mol. The van der Waals surface area contributed by atoms with Crippen molar-refractivity contribution in [2.45, 2.75) is 42.5 Å². The van der Waals surface area contributed by atoms with Crippen LogP contribution in [-0.4, -0.2) is 29.2 Å². The van der Waals surface area contributed by atoms with Crippen molar-refractivity contribution >= 4 is 26.7 Å². The Hall–Kier alpha value is -4.80. The minimum atomic E-state index is -3.79. The van der Waals surface area contributed by atoms with Crippen LogP contribution in [0.25, 0.3) is 11.0 Å². The van der Waals surface area contributed by atoms with Crippen LogP contribution in [0.2, 0.25) is 0 Å². The third-order valence-corrected chi connectivity index (χ3v) is 9.74. The van der Waals surface area contributed by atoms with E-state index in [0.717, 1.165) is 27.7 Å². The Labute approximate surface area is 267 Å². The van der Waals surface area contributed by atoms with Gasteiger partial charge in [0.05, 0.1) is 47.6 Å². The Balaban J connectivity index is 1.28. The van der Waals surface area contributed by atoms with Gasteiger partial charge in [-0.3, -0.25) is 4.72 Å². The van der Waals surface area contributed by atoms with E-state index in [1.54, 1.807) is 48.5 Å². The summed E-state index contributed by atoms with van der Waals surface area (Å²) in [4.78, 5) is 4.79. The standard InChI is InChI=1S/C37H33N3O5S/c41-24-26-18-20-28(21-19-26)36-35(27-10-3-1-4-11-27)34(23-40-25-38-32-16-7-8-17-33(32)40)44-37(45-36)29-12-9-13-30(22-29)39-46(42,43)31-14-5-2-6-15-31/h1-22,25,34-37,39,41H,23-24H2/t34-,35-,36+,37?/m1/s1. The number of aliphatic hydroxyl groups excluding tert-OH is 1. The molecule has 1 fully saturated rings. The van der Waals surface area contributed by atoms with Crippen molar-refractivity contribution in [3.63, 3.8) is 0 Å². The average molecular weight is 632 g/mol. The second-order valence-electron chi connectivity index (χ2n) is 11.3. The van der Waals surface area contributed by atoms with E-state index in [2.05, 4.69) is 26.4 Å². The lowest BCUT2D eigenvalue weighted by molar-refractivity contribution is -0.263. The van der Waals surface area contributed by atoms with Gasteiger partial charge in [-0.05, 0) is 53.1 Å². The first-order valence-corrected chi connectivity index (χ1v) is 16.6. The normalized spacial score (nSPS) is 20.0. The fraction of sp³-hybridized carbons (Fsp3) is 0.162. The molecule has 0 bridgehead atoms. The number of benzene rings is 5. The van der Waals surface area contributed by atoms with Crippen molar-refractivity contribution in [2.75, 3.05) is 4.72 Å². The fourth-order valence-electron chi connectivity index (χ4n) is 6.08. The molecular weight excluding hydrogens is 598 g/mol. The summed E-state index contributed by atoms with van der Waals surface area (Å²) in [5.41, 5.74) is 5.80. The lowest BCUT2D eigenvalue weighted by Gasteiger charge is -2.43. The number of hydrogen-bond acceptors (Lipinski definition) is 6. The number of imidazole rings is 1. The first-order chi connectivity index (χ1) is 22.5. The quantitative estimate of drug-likeness (QED) is 0.179. The Morgan fingerprint density at radius 2 is 1.43 bits per heavy atom. The molecule has 1 unspecified atom stereocenters. The fourth-order valence-corrected chi connectivity index (χ4v) is 7.15. The summed E-state index contributed by atoms with van der Waals surface area (Å²) in [5, 5.41) is 9.70. The Morgan fingerprint density at radius 3 is 2.20 bits per heavy atom. The highest BCUT2D eigenvalue weighted by Gasteiger charge is 2.42. The van der Waals surface area contributed by atoms with Gasteiger partial charge in [0.15, 0.2) is 6.29 Å². The summed E-state index contributed by atoms with van der Waals surface area (Å²) in [7, 11) is -3.79. The number of para-hydroxylation sites is 2. The number of sulfonamides is 1. The van der Waals surface area contributed by atoms with E-state index in [9.17, 15) is 13.5 Å². The average Bonchev–Trinajstić information content (AvgIpc) is 3.51. The zero-order valence-electron chi connectivity index (χ0n) is 24.9. The van der Waals surface area contributed by atoms with Crippen LogP contribution in [0.3, 0.4) is 0 Å². The van der Waals surface area contributed by atoms with Crippen LogP contribution >= 0.6 is 0 Å². The van der Waals surface area contributed by atoms with Gasteiger partial charge in [-0.2, -0.15) is 0 Å². The zero-order chi connectivity index (χ0) is 31.5. The molecule has 6 aromatic rings. The molecule has 0 radical (unpaired) electrons. The molecule has 8 nitrogen and oxygen atoms in total. The number of aromatic nitrogens is 2. The summed E-state index contributed by atoms with van der Waals surface area (Å²) >= 11 is 0. The van der Waals surface area contributed by atoms with Crippen LogP contribution in [0.5, 0.6) is 0 Å². The smallest absolute Gasteiger partial charge is 0.261 e. The zero-order valence-corrected chi connectivity index (χ0v) is 25.7. The molecule has 9 heteroatoms. The van der Waals surface area contributed by atoms with Gasteiger partial charge < -0.3 is 19.1 Å². The minimum Gasteiger partial charge on any atom is -0.392 e. The van der Waals surface area contributed by atoms with Gasteiger partial charge in [-0.25, -0.2) is 13.4 Å². The Kier molecular flexibility index (Phi) is 8.38. The number of hydrogen-bond donors (Lipinski definition) is 2. The predicted octanol–water partition coefficient (Wildman–Crippen LogP) is 6.97. The molecule has 4 atom stereocenters. The van der Waals surface area contributed by atoms with Gasteiger partial charge in [0.2, 0.25) is 0 Å². The van der Waals surface area contributed by atoms with Crippen molar-refractivity contribution in [1.82, 2.24) is 9.55 Å². The van der Waals surface area contributed by atoms with Crippen molar-refractivity contribution in [3.8, 4) is 0 Å². The molecule has 2 N–H and O–H groups in total. The summed E-state index contributed by atoms with van der Waals surface area (Å²) in [5.74, 6) is -0.196. The number of ether oxygens (including phenoxy) is 2. The van der Waals surface area contributed by atoms with Crippen molar-refractivity contribution in [1.29, 1.82) is 0 Å². The SMILES string of the molecule is O=S(=O)(Nc1cccc(C2O[C@H](Cn3cnc4ccccc43)[C@@H](c3ccccc3)[C@H](c3ccc(CO)cc3)O2)c1)c1ccccc1. The van der Waals surface area contributed by atoms with E-state index < -0.39 is 22.4 Å². The van der Waals surface area contributed by atoms with Gasteiger partial charge in [0, 0.05) is 17.2 Å². The third kappa shape index (κ3) is 6.18. The van der Waals surface area contributed by atoms with Crippen LogP contribution in [-0.2, 0) is 32.6 Å². The number of nitrogens with one attached hydrogen (secondary N) is 1. The molecule has 232 valence electrons. The van der Waals surface area contributed by atoms with Gasteiger partial charge >= 0.3 is 0 Å².